The number of nitrogens with zero attached hydrogens (tertiary/aromatic N) is 1. The van der Waals surface area contributed by atoms with E-state index in [4.69, 9.17) is 4.74 Å². The first-order valence-corrected chi connectivity index (χ1v) is 13.8. The summed E-state index contributed by atoms with van der Waals surface area (Å²) >= 11 is 0. The van der Waals surface area contributed by atoms with Gasteiger partial charge in [-0.1, -0.05) is 49.8 Å². The fourth-order valence-electron chi connectivity index (χ4n) is 8.23. The average Bonchev–Trinajstić information content (AvgIpc) is 3.17. The number of rotatable bonds is 8. The van der Waals surface area contributed by atoms with Gasteiger partial charge in [0.1, 0.15) is 12.2 Å². The van der Waals surface area contributed by atoms with Gasteiger partial charge in [-0.2, -0.15) is 0 Å². The molecule has 3 fully saturated rings. The maximum absolute atomic E-state index is 13.4. The first kappa shape index (κ1) is 28.2. The number of benzene rings is 1. The largest absolute Gasteiger partial charge is 0.457 e. The van der Waals surface area contributed by atoms with Gasteiger partial charge in [0.25, 0.3) is 5.09 Å². The second-order valence-corrected chi connectivity index (χ2v) is 12.2. The molecule has 4 aliphatic carbocycles. The summed E-state index contributed by atoms with van der Waals surface area (Å²) in [7, 11) is 0. The molecule has 0 spiro atoms. The lowest BCUT2D eigenvalue weighted by Crippen LogP contribution is -2.61. The van der Waals surface area contributed by atoms with Gasteiger partial charge in [0, 0.05) is 16.7 Å². The SMILES string of the molecule is C[C@]12C=CC(=O)C=C1CC[C@@H]1[C@@H]2[C@@H](O)C[C@@]2(C)[C@H]1CC[C@]2(O)C(=O)COC(=O)Cc1cccc(CO[N+](=O)[O-])c1. The zero-order valence-corrected chi connectivity index (χ0v) is 22.7. The molecule has 4 aliphatic rings. The predicted molar refractivity (Wildman–Crippen MR) is 141 cm³/mol. The summed E-state index contributed by atoms with van der Waals surface area (Å²) in [5, 5.41) is 32.8. The molecular formula is C30H35NO9. The lowest BCUT2D eigenvalue weighted by atomic mass is 9.46. The molecule has 0 heterocycles. The summed E-state index contributed by atoms with van der Waals surface area (Å²) in [6, 6.07) is 6.52. The van der Waals surface area contributed by atoms with E-state index in [2.05, 4.69) is 11.8 Å². The standard InChI is InChI=1S/C30H35NO9/c1-28-10-8-21(32)14-20(28)6-7-22-23-9-11-30(36,29(23,2)15-24(33)27(22)28)25(34)17-39-26(35)13-18-4-3-5-19(12-18)16-40-31(37)38/h3-5,8,10,12,14,22-24,27,33,36H,6-7,9,11,13,15-17H2,1-2H3/t22-,23-,24-,27+,28-,29-,30-/m0/s1. The van der Waals surface area contributed by atoms with Gasteiger partial charge in [-0.3, -0.25) is 14.4 Å². The normalized spacial score (nSPS) is 36.1. The fraction of sp³-hybridized carbons (Fsp3) is 0.567. The molecule has 0 amide bonds. The van der Waals surface area contributed by atoms with Crippen molar-refractivity contribution in [2.75, 3.05) is 6.61 Å². The number of fused-ring (bicyclic) bond motifs is 5. The highest BCUT2D eigenvalue weighted by molar-refractivity contribution is 6.01. The minimum absolute atomic E-state index is 0.000853. The summed E-state index contributed by atoms with van der Waals surface area (Å²) in [5.41, 5.74) is -0.956. The Bertz CT molecular complexity index is 1300. The van der Waals surface area contributed by atoms with Gasteiger partial charge in [0.05, 0.1) is 12.5 Å². The van der Waals surface area contributed by atoms with E-state index in [0.29, 0.717) is 17.5 Å². The maximum atomic E-state index is 13.4. The predicted octanol–water partition coefficient (Wildman–Crippen LogP) is 3.06. The Morgan fingerprint density at radius 3 is 2.70 bits per heavy atom. The van der Waals surface area contributed by atoms with Crippen molar-refractivity contribution in [1.29, 1.82) is 0 Å². The Balaban J connectivity index is 1.25. The van der Waals surface area contributed by atoms with Crippen molar-refractivity contribution in [3.05, 3.63) is 69.3 Å². The molecule has 214 valence electrons. The van der Waals surface area contributed by atoms with Crippen LogP contribution in [0.2, 0.25) is 0 Å². The van der Waals surface area contributed by atoms with Crippen LogP contribution in [0, 0.1) is 38.7 Å². The zero-order chi connectivity index (χ0) is 28.9. The minimum Gasteiger partial charge on any atom is -0.457 e. The van der Waals surface area contributed by atoms with Crippen LogP contribution in [0.15, 0.2) is 48.1 Å². The maximum Gasteiger partial charge on any atom is 0.310 e. The number of carbonyl (C=O) groups excluding carboxylic acids is 3. The number of allylic oxidation sites excluding steroid dienone is 4. The van der Waals surface area contributed by atoms with Gasteiger partial charge in [0.15, 0.2) is 12.4 Å². The molecule has 5 rings (SSSR count). The van der Waals surface area contributed by atoms with E-state index < -0.39 is 46.0 Å². The van der Waals surface area contributed by atoms with E-state index in [1.807, 2.05) is 13.0 Å². The third kappa shape index (κ3) is 4.66. The summed E-state index contributed by atoms with van der Waals surface area (Å²) < 4.78 is 5.28. The number of ether oxygens (including phenoxy) is 1. The monoisotopic (exact) mass is 553 g/mol. The van der Waals surface area contributed by atoms with Gasteiger partial charge >= 0.3 is 5.97 Å². The third-order valence-electron chi connectivity index (χ3n) is 10.1. The topological polar surface area (TPSA) is 153 Å². The molecule has 0 unspecified atom stereocenters. The van der Waals surface area contributed by atoms with E-state index >= 15 is 0 Å². The van der Waals surface area contributed by atoms with Crippen molar-refractivity contribution in [3.63, 3.8) is 0 Å². The number of Topliss-reactive ketones (excluding diaryl/α,β-unsaturated/α-hetero) is 1. The van der Waals surface area contributed by atoms with Crippen LogP contribution in [-0.4, -0.2) is 51.1 Å². The Labute approximate surface area is 232 Å². The first-order chi connectivity index (χ1) is 18.9. The minimum atomic E-state index is -1.74. The molecule has 10 heteroatoms. The van der Waals surface area contributed by atoms with Crippen LogP contribution < -0.4 is 0 Å². The molecule has 1 aromatic rings. The van der Waals surface area contributed by atoms with Crippen LogP contribution in [0.3, 0.4) is 0 Å². The van der Waals surface area contributed by atoms with Crippen LogP contribution in [0.25, 0.3) is 0 Å². The van der Waals surface area contributed by atoms with E-state index in [1.54, 1.807) is 36.4 Å². The number of hydrogen-bond donors (Lipinski definition) is 2. The van der Waals surface area contributed by atoms with E-state index in [9.17, 15) is 34.7 Å². The van der Waals surface area contributed by atoms with Crippen molar-refractivity contribution in [2.45, 2.75) is 70.7 Å². The molecule has 10 nitrogen and oxygen atoms in total. The van der Waals surface area contributed by atoms with Gasteiger partial charge in [0.2, 0.25) is 5.78 Å². The van der Waals surface area contributed by atoms with Gasteiger partial charge in [-0.25, -0.2) is 0 Å². The Morgan fingerprint density at radius 1 is 1.20 bits per heavy atom. The molecular weight excluding hydrogens is 518 g/mol. The highest BCUT2D eigenvalue weighted by Gasteiger charge is 2.68. The number of carbonyl (C=O) groups is 3. The lowest BCUT2D eigenvalue weighted by molar-refractivity contribution is -0.763. The second kappa shape index (κ2) is 10.2. The lowest BCUT2D eigenvalue weighted by Gasteiger charge is -2.59. The van der Waals surface area contributed by atoms with Crippen molar-refractivity contribution < 1.29 is 39.3 Å². The third-order valence-corrected chi connectivity index (χ3v) is 10.1. The zero-order valence-electron chi connectivity index (χ0n) is 22.7. The van der Waals surface area contributed by atoms with E-state index in [0.717, 1.165) is 18.4 Å². The van der Waals surface area contributed by atoms with Crippen molar-refractivity contribution in [3.8, 4) is 0 Å². The quantitative estimate of drug-likeness (QED) is 0.281. The van der Waals surface area contributed by atoms with Crippen LogP contribution in [0.5, 0.6) is 0 Å². The Morgan fingerprint density at radius 2 is 1.95 bits per heavy atom. The van der Waals surface area contributed by atoms with E-state index in [1.165, 1.54) is 0 Å². The highest BCUT2D eigenvalue weighted by atomic mass is 16.9. The summed E-state index contributed by atoms with van der Waals surface area (Å²) in [6.45, 7) is 3.11. The van der Waals surface area contributed by atoms with Gasteiger partial charge in [-0.15, -0.1) is 10.1 Å². The number of ketones is 2. The van der Waals surface area contributed by atoms with Crippen molar-refractivity contribution in [2.24, 2.45) is 28.6 Å². The summed E-state index contributed by atoms with van der Waals surface area (Å²) in [6.07, 6.45) is 6.86. The van der Waals surface area contributed by atoms with Crippen LogP contribution in [0.1, 0.15) is 57.1 Å². The molecule has 0 saturated heterocycles. The number of aliphatic hydroxyl groups is 2. The van der Waals surface area contributed by atoms with Crippen LogP contribution in [-0.2, 0) is 37.0 Å². The molecule has 1 aromatic carbocycles. The van der Waals surface area contributed by atoms with Crippen molar-refractivity contribution >= 4 is 17.5 Å². The first-order valence-electron chi connectivity index (χ1n) is 13.8. The van der Waals surface area contributed by atoms with Crippen LogP contribution in [0.4, 0.5) is 0 Å². The van der Waals surface area contributed by atoms with Gasteiger partial charge in [-0.05, 0) is 67.2 Å². The average molecular weight is 554 g/mol. The fourth-order valence-corrected chi connectivity index (χ4v) is 8.23. The molecule has 0 bridgehead atoms. The summed E-state index contributed by atoms with van der Waals surface area (Å²) in [4.78, 5) is 52.8. The second-order valence-electron chi connectivity index (χ2n) is 12.2. The number of esters is 1. The molecule has 40 heavy (non-hydrogen) atoms. The van der Waals surface area contributed by atoms with Gasteiger partial charge < -0.3 is 19.8 Å². The molecule has 0 aliphatic heterocycles. The molecule has 2 N–H and O–H groups in total. The van der Waals surface area contributed by atoms with Crippen molar-refractivity contribution in [1.82, 2.24) is 0 Å². The molecule has 0 aromatic heterocycles. The molecule has 3 saturated carbocycles. The highest BCUT2D eigenvalue weighted by Crippen LogP contribution is 2.67. The van der Waals surface area contributed by atoms with E-state index in [-0.39, 0.29) is 49.4 Å². The number of aliphatic hydroxyl groups excluding tert-OH is 1. The Hall–Kier alpha value is -3.37. The molecule has 7 atom stereocenters. The Kier molecular flexibility index (Phi) is 7.20. The smallest absolute Gasteiger partial charge is 0.310 e. The molecule has 0 radical (unpaired) electrons. The summed E-state index contributed by atoms with van der Waals surface area (Å²) in [5.74, 6) is -1.31. The number of hydrogen-bond acceptors (Lipinski definition) is 9. The van der Waals surface area contributed by atoms with Crippen LogP contribution >= 0.6 is 0 Å².